The zero-order chi connectivity index (χ0) is 12.0. The normalized spacial score (nSPS) is 19.3. The second-order valence-corrected chi connectivity index (χ2v) is 4.73. The second-order valence-electron chi connectivity index (χ2n) is 4.30. The minimum atomic E-state index is -0.370. The molecule has 0 fully saturated rings. The molecule has 1 N–H and O–H groups in total. The van der Waals surface area contributed by atoms with Crippen LogP contribution in [0.1, 0.15) is 12.2 Å². The molecular weight excluding hydrogens is 240 g/mol. The Morgan fingerprint density at radius 2 is 2.29 bits per heavy atom. The first-order valence-corrected chi connectivity index (χ1v) is 5.90. The van der Waals surface area contributed by atoms with Gasteiger partial charge in [-0.1, -0.05) is 11.6 Å². The van der Waals surface area contributed by atoms with E-state index in [4.69, 9.17) is 11.6 Å². The molecule has 0 saturated heterocycles. The van der Waals surface area contributed by atoms with Crippen molar-refractivity contribution in [3.63, 3.8) is 0 Å². The Balaban J connectivity index is 2.36. The SMILES string of the molecule is O=c1nc2n(c3ccc(Cl)cc13)CC(O)CC2. The molecule has 1 unspecified atom stereocenters. The number of hydrogen-bond donors (Lipinski definition) is 1. The number of benzene rings is 1. The lowest BCUT2D eigenvalue weighted by molar-refractivity contribution is 0.131. The van der Waals surface area contributed by atoms with Crippen molar-refractivity contribution in [2.75, 3.05) is 0 Å². The molecule has 1 atom stereocenters. The predicted molar refractivity (Wildman–Crippen MR) is 65.3 cm³/mol. The van der Waals surface area contributed by atoms with Crippen LogP contribution in [0.2, 0.25) is 5.02 Å². The Bertz CT molecular complexity index is 651. The van der Waals surface area contributed by atoms with Crippen LogP contribution in [0.5, 0.6) is 0 Å². The fourth-order valence-electron chi connectivity index (χ4n) is 2.28. The average molecular weight is 251 g/mol. The summed E-state index contributed by atoms with van der Waals surface area (Å²) in [6.07, 6.45) is 0.922. The van der Waals surface area contributed by atoms with Crippen LogP contribution in [-0.4, -0.2) is 20.8 Å². The van der Waals surface area contributed by atoms with E-state index < -0.39 is 0 Å². The van der Waals surface area contributed by atoms with Crippen LogP contribution in [0.4, 0.5) is 0 Å². The Hall–Kier alpha value is -1.39. The summed E-state index contributed by atoms with van der Waals surface area (Å²) in [6, 6.07) is 5.18. The van der Waals surface area contributed by atoms with Gasteiger partial charge >= 0.3 is 0 Å². The lowest BCUT2D eigenvalue weighted by atomic mass is 10.1. The van der Waals surface area contributed by atoms with Gasteiger partial charge in [-0.05, 0) is 24.6 Å². The molecule has 2 heterocycles. The highest BCUT2D eigenvalue weighted by Gasteiger charge is 2.19. The monoisotopic (exact) mass is 250 g/mol. The summed E-state index contributed by atoms with van der Waals surface area (Å²) in [5.74, 6) is 0.745. The molecule has 1 aliphatic rings. The number of aromatic nitrogens is 2. The number of nitrogens with zero attached hydrogens (tertiary/aromatic N) is 2. The maximum absolute atomic E-state index is 11.8. The molecule has 0 radical (unpaired) electrons. The fourth-order valence-corrected chi connectivity index (χ4v) is 2.46. The number of fused-ring (bicyclic) bond motifs is 3. The van der Waals surface area contributed by atoms with Crippen LogP contribution in [0.15, 0.2) is 23.0 Å². The van der Waals surface area contributed by atoms with Crippen molar-refractivity contribution in [1.82, 2.24) is 9.55 Å². The highest BCUT2D eigenvalue weighted by Crippen LogP contribution is 2.21. The first-order valence-electron chi connectivity index (χ1n) is 5.52. The van der Waals surface area contributed by atoms with Gasteiger partial charge in [-0.15, -0.1) is 0 Å². The van der Waals surface area contributed by atoms with Crippen molar-refractivity contribution in [2.24, 2.45) is 0 Å². The molecule has 0 saturated carbocycles. The van der Waals surface area contributed by atoms with Crippen molar-refractivity contribution in [1.29, 1.82) is 0 Å². The molecule has 3 rings (SSSR count). The van der Waals surface area contributed by atoms with Gasteiger partial charge in [-0.2, -0.15) is 4.98 Å². The van der Waals surface area contributed by atoms with Gasteiger partial charge in [-0.25, -0.2) is 0 Å². The topological polar surface area (TPSA) is 55.1 Å². The van der Waals surface area contributed by atoms with Crippen molar-refractivity contribution >= 4 is 22.5 Å². The van der Waals surface area contributed by atoms with Gasteiger partial charge in [0.15, 0.2) is 0 Å². The van der Waals surface area contributed by atoms with E-state index in [9.17, 15) is 9.90 Å². The minimum Gasteiger partial charge on any atom is -0.391 e. The van der Waals surface area contributed by atoms with E-state index in [1.54, 1.807) is 12.1 Å². The van der Waals surface area contributed by atoms with Gasteiger partial charge in [0.05, 0.1) is 23.6 Å². The van der Waals surface area contributed by atoms with Crippen molar-refractivity contribution in [2.45, 2.75) is 25.5 Å². The molecule has 0 amide bonds. The van der Waals surface area contributed by atoms with Crippen LogP contribution in [0.3, 0.4) is 0 Å². The van der Waals surface area contributed by atoms with Crippen LogP contribution >= 0.6 is 11.6 Å². The summed E-state index contributed by atoms with van der Waals surface area (Å²) in [7, 11) is 0. The number of halogens is 1. The molecule has 0 spiro atoms. The average Bonchev–Trinajstić information content (AvgIpc) is 2.30. The number of hydrogen-bond acceptors (Lipinski definition) is 3. The van der Waals surface area contributed by atoms with E-state index in [0.29, 0.717) is 29.8 Å². The third-order valence-electron chi connectivity index (χ3n) is 3.12. The zero-order valence-electron chi connectivity index (χ0n) is 9.06. The highest BCUT2D eigenvalue weighted by molar-refractivity contribution is 6.31. The highest BCUT2D eigenvalue weighted by atomic mass is 35.5. The molecule has 1 aromatic carbocycles. The number of rotatable bonds is 0. The second kappa shape index (κ2) is 3.82. The molecule has 2 aromatic rings. The molecule has 4 nitrogen and oxygen atoms in total. The Morgan fingerprint density at radius 3 is 3.12 bits per heavy atom. The largest absolute Gasteiger partial charge is 0.391 e. The van der Waals surface area contributed by atoms with E-state index in [-0.39, 0.29) is 11.7 Å². The van der Waals surface area contributed by atoms with Crippen molar-refractivity contribution < 1.29 is 5.11 Å². The van der Waals surface area contributed by atoms with E-state index in [0.717, 1.165) is 11.3 Å². The van der Waals surface area contributed by atoms with Gasteiger partial charge in [0.25, 0.3) is 5.56 Å². The predicted octanol–water partition coefficient (Wildman–Crippen LogP) is 1.36. The Kier molecular flexibility index (Phi) is 2.42. The molecule has 1 aliphatic heterocycles. The van der Waals surface area contributed by atoms with E-state index in [1.807, 2.05) is 10.6 Å². The first-order chi connectivity index (χ1) is 8.15. The van der Waals surface area contributed by atoms with E-state index in [1.165, 1.54) is 0 Å². The summed E-state index contributed by atoms with van der Waals surface area (Å²) >= 11 is 5.88. The van der Waals surface area contributed by atoms with Crippen LogP contribution < -0.4 is 5.56 Å². The van der Waals surface area contributed by atoms with Gasteiger partial charge in [-0.3, -0.25) is 4.79 Å². The summed E-state index contributed by atoms with van der Waals surface area (Å²) < 4.78 is 1.90. The van der Waals surface area contributed by atoms with E-state index in [2.05, 4.69) is 4.98 Å². The molecule has 0 aliphatic carbocycles. The first kappa shape index (κ1) is 10.7. The molecule has 1 aromatic heterocycles. The lowest BCUT2D eigenvalue weighted by Gasteiger charge is -2.23. The lowest BCUT2D eigenvalue weighted by Crippen LogP contribution is -2.29. The number of aliphatic hydroxyl groups excluding tert-OH is 1. The fraction of sp³-hybridized carbons (Fsp3) is 0.333. The number of aliphatic hydroxyl groups is 1. The summed E-state index contributed by atoms with van der Waals surface area (Å²) in [5.41, 5.74) is 0.549. The smallest absolute Gasteiger partial charge is 0.280 e. The van der Waals surface area contributed by atoms with Crippen LogP contribution in [0, 0.1) is 0 Å². The van der Waals surface area contributed by atoms with E-state index >= 15 is 0 Å². The Morgan fingerprint density at radius 1 is 1.47 bits per heavy atom. The molecule has 88 valence electrons. The number of aryl methyl sites for hydroxylation is 1. The standard InChI is InChI=1S/C12H11ClN2O2/c13-7-1-3-10-9(5-7)12(17)14-11-4-2-8(16)6-15(10)11/h1,3,5,8,16H,2,4,6H2. The van der Waals surface area contributed by atoms with Crippen LogP contribution in [-0.2, 0) is 13.0 Å². The maximum Gasteiger partial charge on any atom is 0.280 e. The Labute approximate surface area is 102 Å². The van der Waals surface area contributed by atoms with Gasteiger partial charge < -0.3 is 9.67 Å². The van der Waals surface area contributed by atoms with Crippen molar-refractivity contribution in [3.05, 3.63) is 39.4 Å². The maximum atomic E-state index is 11.8. The molecular formula is C12H11ClN2O2. The quantitative estimate of drug-likeness (QED) is 0.768. The van der Waals surface area contributed by atoms with Gasteiger partial charge in [0, 0.05) is 11.4 Å². The third kappa shape index (κ3) is 1.73. The minimum absolute atomic E-state index is 0.245. The van der Waals surface area contributed by atoms with Crippen LogP contribution in [0.25, 0.3) is 10.9 Å². The molecule has 17 heavy (non-hydrogen) atoms. The third-order valence-corrected chi connectivity index (χ3v) is 3.35. The van der Waals surface area contributed by atoms with Gasteiger partial charge in [0.2, 0.25) is 0 Å². The summed E-state index contributed by atoms with van der Waals surface area (Å²) in [4.78, 5) is 15.9. The van der Waals surface area contributed by atoms with Gasteiger partial charge in [0.1, 0.15) is 5.82 Å². The van der Waals surface area contributed by atoms with Crippen molar-refractivity contribution in [3.8, 4) is 0 Å². The summed E-state index contributed by atoms with van der Waals surface area (Å²) in [5, 5.41) is 10.7. The molecule has 0 bridgehead atoms. The summed E-state index contributed by atoms with van der Waals surface area (Å²) in [6.45, 7) is 0.487. The zero-order valence-corrected chi connectivity index (χ0v) is 9.81. The molecule has 5 heteroatoms.